The SMILES string of the molecule is Cc1cccc(N(C)c2ccc(C(=N)N)cn2)c1. The summed E-state index contributed by atoms with van der Waals surface area (Å²) in [5.74, 6) is 0.859. The second-order valence-corrected chi connectivity index (χ2v) is 4.22. The predicted molar refractivity (Wildman–Crippen MR) is 74.5 cm³/mol. The molecule has 3 N–H and O–H groups in total. The Morgan fingerprint density at radius 3 is 2.61 bits per heavy atom. The molecule has 2 rings (SSSR count). The number of hydrogen-bond donors (Lipinski definition) is 2. The first-order valence-electron chi connectivity index (χ1n) is 5.69. The number of nitrogens with one attached hydrogen (secondary N) is 1. The summed E-state index contributed by atoms with van der Waals surface area (Å²) in [5.41, 5.74) is 8.33. The summed E-state index contributed by atoms with van der Waals surface area (Å²) in [6.45, 7) is 2.06. The molecule has 0 saturated heterocycles. The van der Waals surface area contributed by atoms with Crippen molar-refractivity contribution in [2.75, 3.05) is 11.9 Å². The van der Waals surface area contributed by atoms with Crippen LogP contribution in [0.2, 0.25) is 0 Å². The second-order valence-electron chi connectivity index (χ2n) is 4.22. The van der Waals surface area contributed by atoms with Gasteiger partial charge < -0.3 is 10.6 Å². The summed E-state index contributed by atoms with van der Waals surface area (Å²) in [7, 11) is 1.96. The first kappa shape index (κ1) is 12.1. The minimum atomic E-state index is 0.0345. The number of aryl methyl sites for hydroxylation is 1. The van der Waals surface area contributed by atoms with Crippen LogP contribution in [-0.2, 0) is 0 Å². The van der Waals surface area contributed by atoms with Crippen molar-refractivity contribution in [1.29, 1.82) is 5.41 Å². The molecule has 1 aromatic heterocycles. The number of hydrogen-bond acceptors (Lipinski definition) is 3. The molecule has 0 unspecified atom stereocenters. The molecule has 0 amide bonds. The maximum absolute atomic E-state index is 7.33. The van der Waals surface area contributed by atoms with Crippen molar-refractivity contribution < 1.29 is 0 Å². The molecule has 0 spiro atoms. The van der Waals surface area contributed by atoms with Crippen LogP contribution in [0.4, 0.5) is 11.5 Å². The van der Waals surface area contributed by atoms with Gasteiger partial charge in [-0.25, -0.2) is 4.98 Å². The predicted octanol–water partition coefficient (Wildman–Crippen LogP) is 2.44. The third kappa shape index (κ3) is 2.48. The smallest absolute Gasteiger partial charge is 0.132 e. The Hall–Kier alpha value is -2.36. The van der Waals surface area contributed by atoms with Gasteiger partial charge in [0.2, 0.25) is 0 Å². The van der Waals surface area contributed by atoms with Crippen molar-refractivity contribution in [1.82, 2.24) is 4.98 Å². The molecule has 0 atom stereocenters. The van der Waals surface area contributed by atoms with E-state index in [0.29, 0.717) is 5.56 Å². The standard InChI is InChI=1S/C14H16N4/c1-10-4-3-5-12(8-10)18(2)13-7-6-11(9-17-13)14(15)16/h3-9H,1-2H3,(H3,15,16). The van der Waals surface area contributed by atoms with Crippen LogP contribution < -0.4 is 10.6 Å². The lowest BCUT2D eigenvalue weighted by atomic mass is 10.2. The van der Waals surface area contributed by atoms with Crippen LogP contribution in [0.3, 0.4) is 0 Å². The van der Waals surface area contributed by atoms with Gasteiger partial charge in [0.05, 0.1) is 0 Å². The summed E-state index contributed by atoms with van der Waals surface area (Å²) >= 11 is 0. The first-order valence-corrected chi connectivity index (χ1v) is 5.69. The van der Waals surface area contributed by atoms with Gasteiger partial charge in [0.25, 0.3) is 0 Å². The summed E-state index contributed by atoms with van der Waals surface area (Å²) in [4.78, 5) is 6.31. The van der Waals surface area contributed by atoms with E-state index < -0.39 is 0 Å². The largest absolute Gasteiger partial charge is 0.384 e. The molecular formula is C14H16N4. The number of rotatable bonds is 3. The van der Waals surface area contributed by atoms with E-state index in [0.717, 1.165) is 11.5 Å². The Morgan fingerprint density at radius 1 is 1.28 bits per heavy atom. The molecule has 0 fully saturated rings. The Bertz CT molecular complexity index is 560. The van der Waals surface area contributed by atoms with Crippen LogP contribution in [0, 0.1) is 12.3 Å². The van der Waals surface area contributed by atoms with E-state index in [-0.39, 0.29) is 5.84 Å². The van der Waals surface area contributed by atoms with Gasteiger partial charge in [-0.2, -0.15) is 0 Å². The van der Waals surface area contributed by atoms with Gasteiger partial charge in [0.15, 0.2) is 0 Å². The monoisotopic (exact) mass is 240 g/mol. The van der Waals surface area contributed by atoms with Crippen LogP contribution in [0.1, 0.15) is 11.1 Å². The van der Waals surface area contributed by atoms with Crippen molar-refractivity contribution in [2.24, 2.45) is 5.73 Å². The minimum absolute atomic E-state index is 0.0345. The molecule has 0 aliphatic heterocycles. The second kappa shape index (κ2) is 4.87. The van der Waals surface area contributed by atoms with E-state index in [9.17, 15) is 0 Å². The number of amidine groups is 1. The fraction of sp³-hybridized carbons (Fsp3) is 0.143. The molecule has 4 nitrogen and oxygen atoms in total. The first-order chi connectivity index (χ1) is 8.58. The van der Waals surface area contributed by atoms with Crippen LogP contribution in [0.15, 0.2) is 42.6 Å². The Morgan fingerprint density at radius 2 is 2.06 bits per heavy atom. The number of benzene rings is 1. The van der Waals surface area contributed by atoms with Gasteiger partial charge >= 0.3 is 0 Å². The number of anilines is 2. The lowest BCUT2D eigenvalue weighted by Gasteiger charge is -2.18. The van der Waals surface area contributed by atoms with Crippen LogP contribution in [0.25, 0.3) is 0 Å². The third-order valence-corrected chi connectivity index (χ3v) is 2.79. The average Bonchev–Trinajstić information content (AvgIpc) is 2.38. The molecule has 0 radical (unpaired) electrons. The molecular weight excluding hydrogens is 224 g/mol. The van der Waals surface area contributed by atoms with Gasteiger partial charge in [-0.05, 0) is 36.8 Å². The maximum Gasteiger partial charge on any atom is 0.132 e. The fourth-order valence-corrected chi connectivity index (χ4v) is 1.71. The highest BCUT2D eigenvalue weighted by Gasteiger charge is 2.05. The highest BCUT2D eigenvalue weighted by atomic mass is 15.2. The van der Waals surface area contributed by atoms with Gasteiger partial charge in [-0.1, -0.05) is 12.1 Å². The van der Waals surface area contributed by atoms with Gasteiger partial charge in [0, 0.05) is 24.5 Å². The Balaban J connectivity index is 2.28. The van der Waals surface area contributed by atoms with Crippen molar-refractivity contribution in [3.05, 3.63) is 53.7 Å². The lowest BCUT2D eigenvalue weighted by molar-refractivity contribution is 1.12. The van der Waals surface area contributed by atoms with E-state index in [1.54, 1.807) is 12.3 Å². The lowest BCUT2D eigenvalue weighted by Crippen LogP contribution is -2.14. The summed E-state index contributed by atoms with van der Waals surface area (Å²) in [6.07, 6.45) is 1.62. The van der Waals surface area contributed by atoms with E-state index in [1.165, 1.54) is 5.56 Å². The van der Waals surface area contributed by atoms with Crippen LogP contribution in [0.5, 0.6) is 0 Å². The Kier molecular flexibility index (Phi) is 3.28. The third-order valence-electron chi connectivity index (χ3n) is 2.79. The highest BCUT2D eigenvalue weighted by Crippen LogP contribution is 2.22. The molecule has 92 valence electrons. The van der Waals surface area contributed by atoms with E-state index in [4.69, 9.17) is 11.1 Å². The summed E-state index contributed by atoms with van der Waals surface area (Å²) in [6, 6.07) is 11.9. The van der Waals surface area contributed by atoms with Crippen LogP contribution >= 0.6 is 0 Å². The number of nitrogen functional groups attached to an aromatic ring is 1. The fourth-order valence-electron chi connectivity index (χ4n) is 1.71. The molecule has 2 aromatic rings. The molecule has 1 heterocycles. The number of aromatic nitrogens is 1. The minimum Gasteiger partial charge on any atom is -0.384 e. The maximum atomic E-state index is 7.33. The number of pyridine rings is 1. The topological polar surface area (TPSA) is 66.0 Å². The van der Waals surface area contributed by atoms with E-state index in [1.807, 2.05) is 30.1 Å². The Labute approximate surface area is 107 Å². The van der Waals surface area contributed by atoms with Gasteiger partial charge in [0.1, 0.15) is 11.7 Å². The molecule has 0 aliphatic carbocycles. The number of nitrogens with two attached hydrogens (primary N) is 1. The zero-order valence-corrected chi connectivity index (χ0v) is 10.5. The normalized spacial score (nSPS) is 10.1. The summed E-state index contributed by atoms with van der Waals surface area (Å²) < 4.78 is 0. The van der Waals surface area contributed by atoms with Gasteiger partial charge in [-0.15, -0.1) is 0 Å². The highest BCUT2D eigenvalue weighted by molar-refractivity contribution is 5.94. The molecule has 0 aliphatic rings. The average molecular weight is 240 g/mol. The van der Waals surface area contributed by atoms with E-state index >= 15 is 0 Å². The molecule has 0 saturated carbocycles. The molecule has 1 aromatic carbocycles. The summed E-state index contributed by atoms with van der Waals surface area (Å²) in [5, 5.41) is 7.33. The van der Waals surface area contributed by atoms with Crippen molar-refractivity contribution in [3.63, 3.8) is 0 Å². The molecule has 4 heteroatoms. The van der Waals surface area contributed by atoms with E-state index in [2.05, 4.69) is 24.0 Å². The van der Waals surface area contributed by atoms with Crippen molar-refractivity contribution in [3.8, 4) is 0 Å². The van der Waals surface area contributed by atoms with Crippen LogP contribution in [-0.4, -0.2) is 17.9 Å². The zero-order chi connectivity index (χ0) is 13.1. The quantitative estimate of drug-likeness (QED) is 0.639. The molecule has 0 bridgehead atoms. The molecule has 18 heavy (non-hydrogen) atoms. The zero-order valence-electron chi connectivity index (χ0n) is 10.5. The van der Waals surface area contributed by atoms with Crippen molar-refractivity contribution >= 4 is 17.3 Å². The van der Waals surface area contributed by atoms with Crippen molar-refractivity contribution in [2.45, 2.75) is 6.92 Å². The van der Waals surface area contributed by atoms with Gasteiger partial charge in [-0.3, -0.25) is 5.41 Å². The number of nitrogens with zero attached hydrogens (tertiary/aromatic N) is 2.